The number of benzene rings is 3. The first kappa shape index (κ1) is 27.6. The number of amides is 1. The number of nitrogens with one attached hydrogen (secondary N) is 1. The number of non-ortho nitro benzene ring substituents is 1. The Morgan fingerprint density at radius 3 is 2.67 bits per heavy atom. The summed E-state index contributed by atoms with van der Waals surface area (Å²) in [4.78, 5) is 41.2. The predicted octanol–water partition coefficient (Wildman–Crippen LogP) is 5.62. The zero-order chi connectivity index (χ0) is 28.1. The number of fused-ring (bicyclic) bond motifs is 1. The van der Waals surface area contributed by atoms with Gasteiger partial charge in [0.25, 0.3) is 17.2 Å². The fraction of sp³-hybridized carbons (Fsp3) is 0.185. The Balaban J connectivity index is 1.68. The summed E-state index contributed by atoms with van der Waals surface area (Å²) in [5, 5.41) is 18.7. The largest absolute Gasteiger partial charge is 0.483 e. The van der Waals surface area contributed by atoms with Crippen molar-refractivity contribution in [2.24, 2.45) is 5.10 Å². The molecule has 0 fully saturated rings. The first-order chi connectivity index (χ1) is 18.7. The Morgan fingerprint density at radius 2 is 1.97 bits per heavy atom. The maximum absolute atomic E-state index is 13.4. The van der Waals surface area contributed by atoms with Gasteiger partial charge in [-0.25, -0.2) is 9.37 Å². The molecule has 0 aliphatic heterocycles. The van der Waals surface area contributed by atoms with Crippen LogP contribution < -0.4 is 15.6 Å². The summed E-state index contributed by atoms with van der Waals surface area (Å²) in [5.74, 6) is -0.515. The third kappa shape index (κ3) is 6.52. The van der Waals surface area contributed by atoms with E-state index in [-0.39, 0.29) is 22.9 Å². The molecule has 0 aliphatic carbocycles. The summed E-state index contributed by atoms with van der Waals surface area (Å²) in [6.45, 7) is 3.44. The van der Waals surface area contributed by atoms with Crippen LogP contribution in [0.5, 0.6) is 5.75 Å². The smallest absolute Gasteiger partial charge is 0.282 e. The molecule has 1 heterocycles. The zero-order valence-corrected chi connectivity index (χ0v) is 22.5. The topological polar surface area (TPSA) is 129 Å². The van der Waals surface area contributed by atoms with Crippen LogP contribution in [0.25, 0.3) is 10.9 Å². The minimum absolute atomic E-state index is 0.112. The first-order valence-electron chi connectivity index (χ1n) is 11.9. The number of aromatic nitrogens is 2. The van der Waals surface area contributed by atoms with Gasteiger partial charge in [-0.3, -0.25) is 19.7 Å². The number of hydrogen-bond acceptors (Lipinski definition) is 7. The average Bonchev–Trinajstić information content (AvgIpc) is 2.92. The molecule has 3 aromatic carbocycles. The van der Waals surface area contributed by atoms with Gasteiger partial charge in [0.15, 0.2) is 6.61 Å². The highest BCUT2D eigenvalue weighted by molar-refractivity contribution is 9.10. The second-order valence-electron chi connectivity index (χ2n) is 8.63. The van der Waals surface area contributed by atoms with Crippen LogP contribution in [0.1, 0.15) is 37.6 Å². The van der Waals surface area contributed by atoms with Crippen molar-refractivity contribution < 1.29 is 18.8 Å². The quantitative estimate of drug-likeness (QED) is 0.152. The summed E-state index contributed by atoms with van der Waals surface area (Å²) < 4.78 is 20.6. The highest BCUT2D eigenvalue weighted by Crippen LogP contribution is 2.24. The van der Waals surface area contributed by atoms with Crippen molar-refractivity contribution in [1.82, 2.24) is 9.66 Å². The second-order valence-corrected chi connectivity index (χ2v) is 9.54. The number of nitrogens with zero attached hydrogens (tertiary/aromatic N) is 4. The van der Waals surface area contributed by atoms with Crippen molar-refractivity contribution in [3.8, 4) is 5.75 Å². The lowest BCUT2D eigenvalue weighted by Gasteiger charge is -2.14. The van der Waals surface area contributed by atoms with E-state index < -0.39 is 28.8 Å². The molecule has 0 bridgehead atoms. The molecule has 1 aromatic heterocycles. The number of anilines is 1. The summed E-state index contributed by atoms with van der Waals surface area (Å²) >= 11 is 3.37. The lowest BCUT2D eigenvalue weighted by molar-refractivity contribution is -0.384. The lowest BCUT2D eigenvalue weighted by Crippen LogP contribution is -2.24. The number of carbonyl (C=O) groups is 1. The van der Waals surface area contributed by atoms with E-state index in [9.17, 15) is 24.1 Å². The van der Waals surface area contributed by atoms with E-state index in [1.165, 1.54) is 53.4 Å². The number of halogens is 2. The molecule has 12 heteroatoms. The second kappa shape index (κ2) is 11.9. The minimum Gasteiger partial charge on any atom is -0.483 e. The molecule has 1 amide bonds. The van der Waals surface area contributed by atoms with E-state index in [1.807, 2.05) is 13.8 Å². The van der Waals surface area contributed by atoms with Crippen LogP contribution in [0.2, 0.25) is 0 Å². The lowest BCUT2D eigenvalue weighted by atomic mass is 10.1. The van der Waals surface area contributed by atoms with E-state index in [0.29, 0.717) is 33.3 Å². The van der Waals surface area contributed by atoms with E-state index >= 15 is 0 Å². The molecule has 200 valence electrons. The van der Waals surface area contributed by atoms with Crippen molar-refractivity contribution in [2.45, 2.75) is 26.2 Å². The highest BCUT2D eigenvalue weighted by atomic mass is 79.9. The Labute approximate surface area is 230 Å². The molecule has 0 radical (unpaired) electrons. The Kier molecular flexibility index (Phi) is 8.45. The fourth-order valence-electron chi connectivity index (χ4n) is 3.65. The monoisotopic (exact) mass is 595 g/mol. The van der Waals surface area contributed by atoms with E-state index in [0.717, 1.165) is 0 Å². The molecule has 0 saturated carbocycles. The fourth-order valence-corrected chi connectivity index (χ4v) is 4.02. The maximum atomic E-state index is 13.4. The van der Waals surface area contributed by atoms with Crippen LogP contribution in [0, 0.1) is 15.9 Å². The predicted molar refractivity (Wildman–Crippen MR) is 149 cm³/mol. The molecule has 0 aliphatic rings. The van der Waals surface area contributed by atoms with Crippen LogP contribution in [0.3, 0.4) is 0 Å². The zero-order valence-electron chi connectivity index (χ0n) is 20.9. The van der Waals surface area contributed by atoms with Crippen LogP contribution in [-0.4, -0.2) is 33.3 Å². The molecule has 39 heavy (non-hydrogen) atoms. The average molecular weight is 596 g/mol. The van der Waals surface area contributed by atoms with Crippen LogP contribution in [0.4, 0.5) is 15.8 Å². The van der Waals surface area contributed by atoms with Gasteiger partial charge in [0.05, 0.1) is 22.0 Å². The molecule has 4 rings (SSSR count). The Morgan fingerprint density at radius 1 is 1.23 bits per heavy atom. The first-order valence-corrected chi connectivity index (χ1v) is 12.7. The SMILES string of the molecule is CC[C@H](C)c1nc2ccc(Br)cc2c(=O)n1N=Cc1cc([N+](=O)[O-])ccc1OCC(=O)Nc1ccc(F)cc1. The van der Waals surface area contributed by atoms with Gasteiger partial charge in [-0.2, -0.15) is 9.78 Å². The molecule has 4 aromatic rings. The van der Waals surface area contributed by atoms with E-state index in [4.69, 9.17) is 4.74 Å². The maximum Gasteiger partial charge on any atom is 0.282 e. The van der Waals surface area contributed by atoms with Gasteiger partial charge in [-0.05, 0) is 55.0 Å². The van der Waals surface area contributed by atoms with Gasteiger partial charge < -0.3 is 10.1 Å². The standard InChI is InChI=1S/C27H23BrFN5O5/c1-3-16(2)26-32-23-10-4-18(28)13-22(23)27(36)33(26)30-14-17-12-21(34(37)38)9-11-24(17)39-15-25(35)31-20-7-5-19(29)6-8-20/h4-14,16H,3,15H2,1-2H3,(H,31,35)/t16-/m0/s1. The van der Waals surface area contributed by atoms with E-state index in [1.54, 1.807) is 18.2 Å². The van der Waals surface area contributed by atoms with Crippen molar-refractivity contribution in [3.05, 3.63) is 103 Å². The number of ether oxygens (including phenoxy) is 1. The summed E-state index contributed by atoms with van der Waals surface area (Å²) in [6, 6.07) is 14.2. The number of rotatable bonds is 9. The van der Waals surface area contributed by atoms with Gasteiger partial charge in [0, 0.05) is 33.8 Å². The van der Waals surface area contributed by atoms with Crippen molar-refractivity contribution in [2.75, 3.05) is 11.9 Å². The van der Waals surface area contributed by atoms with E-state index in [2.05, 4.69) is 31.3 Å². The Hall–Kier alpha value is -4.45. The van der Waals surface area contributed by atoms with Crippen LogP contribution in [-0.2, 0) is 4.79 Å². The number of hydrogen-bond donors (Lipinski definition) is 1. The normalized spacial score (nSPS) is 12.0. The van der Waals surface area contributed by atoms with Crippen molar-refractivity contribution in [1.29, 1.82) is 0 Å². The Bertz CT molecular complexity index is 1640. The third-order valence-corrected chi connectivity index (χ3v) is 6.38. The number of nitro benzene ring substituents is 1. The number of nitro groups is 1. The molecule has 0 spiro atoms. The number of carbonyl (C=O) groups excluding carboxylic acids is 1. The van der Waals surface area contributed by atoms with Gasteiger partial charge in [-0.15, -0.1) is 0 Å². The van der Waals surface area contributed by atoms with Crippen molar-refractivity contribution >= 4 is 50.3 Å². The van der Waals surface area contributed by atoms with Gasteiger partial charge in [0.2, 0.25) is 0 Å². The van der Waals surface area contributed by atoms with Gasteiger partial charge >= 0.3 is 0 Å². The third-order valence-electron chi connectivity index (χ3n) is 5.89. The highest BCUT2D eigenvalue weighted by Gasteiger charge is 2.17. The molecule has 1 atom stereocenters. The summed E-state index contributed by atoms with van der Waals surface area (Å²) in [7, 11) is 0. The van der Waals surface area contributed by atoms with Gasteiger partial charge in [0.1, 0.15) is 17.4 Å². The van der Waals surface area contributed by atoms with Gasteiger partial charge in [-0.1, -0.05) is 29.8 Å². The summed E-state index contributed by atoms with van der Waals surface area (Å²) in [6.07, 6.45) is 1.96. The molecule has 0 saturated heterocycles. The van der Waals surface area contributed by atoms with Crippen LogP contribution >= 0.6 is 15.9 Å². The molecule has 0 unspecified atom stereocenters. The minimum atomic E-state index is -0.575. The van der Waals surface area contributed by atoms with Crippen LogP contribution in [0.15, 0.2) is 75.0 Å². The van der Waals surface area contributed by atoms with Crippen molar-refractivity contribution in [3.63, 3.8) is 0 Å². The molecule has 10 nitrogen and oxygen atoms in total. The molecular weight excluding hydrogens is 573 g/mol. The molecular formula is C27H23BrFN5O5. The summed E-state index contributed by atoms with van der Waals surface area (Å²) in [5.41, 5.74) is 0.448. The molecule has 1 N–H and O–H groups in total.